The number of aryl methyl sites for hydroxylation is 1. The maximum Gasteiger partial charge on any atom is 0.220 e. The third-order valence-corrected chi connectivity index (χ3v) is 3.85. The monoisotopic (exact) mass is 307 g/mol. The van der Waals surface area contributed by atoms with Crippen molar-refractivity contribution < 1.29 is 14.3 Å². The smallest absolute Gasteiger partial charge is 0.220 e. The molecule has 1 amide bonds. The summed E-state index contributed by atoms with van der Waals surface area (Å²) in [7, 11) is 3.23. The predicted molar refractivity (Wildman–Crippen MR) is 89.5 cm³/mol. The predicted octanol–water partition coefficient (Wildman–Crippen LogP) is 3.43. The van der Waals surface area contributed by atoms with Crippen molar-refractivity contribution in [3.63, 3.8) is 0 Å². The number of methoxy groups -OCH3 is 2. The molecule has 124 valence electrons. The zero-order valence-corrected chi connectivity index (χ0v) is 14.6. The number of carbonyl (C=O) groups excluding carboxylic acids is 1. The minimum atomic E-state index is 0.0992. The largest absolute Gasteiger partial charge is 0.493 e. The molecule has 0 aliphatic rings. The summed E-state index contributed by atoms with van der Waals surface area (Å²) in [6, 6.07) is 5.99. The van der Waals surface area contributed by atoms with Crippen molar-refractivity contribution in [2.75, 3.05) is 14.2 Å². The number of hydrogen-bond acceptors (Lipinski definition) is 3. The molecule has 0 saturated carbocycles. The van der Waals surface area contributed by atoms with Gasteiger partial charge in [0.05, 0.1) is 14.2 Å². The molecule has 0 unspecified atom stereocenters. The molecule has 0 saturated heterocycles. The average molecular weight is 307 g/mol. The van der Waals surface area contributed by atoms with E-state index in [2.05, 4.69) is 33.0 Å². The van der Waals surface area contributed by atoms with E-state index in [1.807, 2.05) is 18.2 Å². The van der Waals surface area contributed by atoms with Gasteiger partial charge in [-0.15, -0.1) is 0 Å². The van der Waals surface area contributed by atoms with E-state index in [0.717, 1.165) is 5.56 Å². The standard InChI is InChI=1S/C18H29NO3/c1-12(2)18(13(3)4)19-17(20)10-8-14-7-9-15(21-5)16(11-14)22-6/h7,9,11-13,18H,8,10H2,1-6H3,(H,19,20). The van der Waals surface area contributed by atoms with Gasteiger partial charge < -0.3 is 14.8 Å². The lowest BCUT2D eigenvalue weighted by Gasteiger charge is -2.26. The fraction of sp³-hybridized carbons (Fsp3) is 0.611. The first-order valence-corrected chi connectivity index (χ1v) is 7.89. The zero-order chi connectivity index (χ0) is 16.7. The van der Waals surface area contributed by atoms with Crippen LogP contribution in [0.4, 0.5) is 0 Å². The van der Waals surface area contributed by atoms with Gasteiger partial charge in [0, 0.05) is 12.5 Å². The lowest BCUT2D eigenvalue weighted by molar-refractivity contribution is -0.122. The maximum absolute atomic E-state index is 12.1. The van der Waals surface area contributed by atoms with Crippen LogP contribution in [0.5, 0.6) is 11.5 Å². The summed E-state index contributed by atoms with van der Waals surface area (Å²) in [5.74, 6) is 2.37. The van der Waals surface area contributed by atoms with Gasteiger partial charge in [0.2, 0.25) is 5.91 Å². The van der Waals surface area contributed by atoms with Crippen LogP contribution in [-0.2, 0) is 11.2 Å². The maximum atomic E-state index is 12.1. The van der Waals surface area contributed by atoms with E-state index in [1.54, 1.807) is 14.2 Å². The number of rotatable bonds is 8. The SMILES string of the molecule is COc1ccc(CCC(=O)NC(C(C)C)C(C)C)cc1OC. The fourth-order valence-electron chi connectivity index (χ4n) is 2.66. The van der Waals surface area contributed by atoms with E-state index in [-0.39, 0.29) is 11.9 Å². The third-order valence-electron chi connectivity index (χ3n) is 3.85. The van der Waals surface area contributed by atoms with E-state index in [0.29, 0.717) is 36.2 Å². The molecule has 1 aromatic rings. The molecule has 0 aliphatic carbocycles. The zero-order valence-electron chi connectivity index (χ0n) is 14.6. The second-order valence-electron chi connectivity index (χ2n) is 6.27. The van der Waals surface area contributed by atoms with Crippen molar-refractivity contribution in [3.8, 4) is 11.5 Å². The van der Waals surface area contributed by atoms with Gasteiger partial charge in [-0.25, -0.2) is 0 Å². The van der Waals surface area contributed by atoms with Crippen LogP contribution >= 0.6 is 0 Å². The van der Waals surface area contributed by atoms with Gasteiger partial charge in [-0.2, -0.15) is 0 Å². The van der Waals surface area contributed by atoms with E-state index >= 15 is 0 Å². The first kappa shape index (κ1) is 18.3. The molecule has 4 heteroatoms. The number of hydrogen-bond donors (Lipinski definition) is 1. The lowest BCUT2D eigenvalue weighted by Crippen LogP contribution is -2.42. The third kappa shape index (κ3) is 5.24. The van der Waals surface area contributed by atoms with Gasteiger partial charge in [-0.05, 0) is 36.0 Å². The summed E-state index contributed by atoms with van der Waals surface area (Å²) in [5.41, 5.74) is 1.07. The normalized spacial score (nSPS) is 11.1. The molecular formula is C18H29NO3. The number of carbonyl (C=O) groups is 1. The van der Waals surface area contributed by atoms with Crippen LogP contribution in [0.25, 0.3) is 0 Å². The molecule has 0 atom stereocenters. The molecule has 0 bridgehead atoms. The van der Waals surface area contributed by atoms with Crippen molar-refractivity contribution in [1.29, 1.82) is 0 Å². The van der Waals surface area contributed by atoms with Crippen LogP contribution in [0.2, 0.25) is 0 Å². The Morgan fingerprint density at radius 3 is 2.14 bits per heavy atom. The van der Waals surface area contributed by atoms with Crippen LogP contribution in [0.3, 0.4) is 0 Å². The first-order chi connectivity index (χ1) is 10.4. The van der Waals surface area contributed by atoms with Gasteiger partial charge in [-0.1, -0.05) is 33.8 Å². The quantitative estimate of drug-likeness (QED) is 0.800. The number of amides is 1. The average Bonchev–Trinajstić information content (AvgIpc) is 2.49. The number of benzene rings is 1. The van der Waals surface area contributed by atoms with Crippen LogP contribution < -0.4 is 14.8 Å². The van der Waals surface area contributed by atoms with Gasteiger partial charge in [-0.3, -0.25) is 4.79 Å². The van der Waals surface area contributed by atoms with Crippen LogP contribution in [0.15, 0.2) is 18.2 Å². The summed E-state index contributed by atoms with van der Waals surface area (Å²) in [5, 5.41) is 3.14. The highest BCUT2D eigenvalue weighted by atomic mass is 16.5. The first-order valence-electron chi connectivity index (χ1n) is 7.89. The summed E-state index contributed by atoms with van der Waals surface area (Å²) >= 11 is 0. The number of ether oxygens (including phenoxy) is 2. The van der Waals surface area contributed by atoms with Crippen molar-refractivity contribution in [2.24, 2.45) is 11.8 Å². The Morgan fingerprint density at radius 2 is 1.64 bits per heavy atom. The Labute approximate surface area is 134 Å². The molecule has 4 nitrogen and oxygen atoms in total. The van der Waals surface area contributed by atoms with E-state index in [1.165, 1.54) is 0 Å². The van der Waals surface area contributed by atoms with E-state index < -0.39 is 0 Å². The Bertz CT molecular complexity index is 475. The van der Waals surface area contributed by atoms with Crippen LogP contribution in [0.1, 0.15) is 39.7 Å². The second kappa shape index (κ2) is 8.66. The van der Waals surface area contributed by atoms with E-state index in [4.69, 9.17) is 9.47 Å². The highest BCUT2D eigenvalue weighted by Crippen LogP contribution is 2.28. The van der Waals surface area contributed by atoms with Crippen LogP contribution in [-0.4, -0.2) is 26.2 Å². The molecule has 0 radical (unpaired) electrons. The van der Waals surface area contributed by atoms with Crippen molar-refractivity contribution in [2.45, 2.75) is 46.6 Å². The Hall–Kier alpha value is -1.71. The van der Waals surface area contributed by atoms with Crippen LogP contribution in [0, 0.1) is 11.8 Å². The molecule has 0 heterocycles. The topological polar surface area (TPSA) is 47.6 Å². The summed E-state index contributed by atoms with van der Waals surface area (Å²) in [6.07, 6.45) is 1.17. The fourth-order valence-corrected chi connectivity index (χ4v) is 2.66. The molecule has 0 aromatic heterocycles. The Balaban J connectivity index is 2.60. The van der Waals surface area contributed by atoms with Crippen molar-refractivity contribution >= 4 is 5.91 Å². The van der Waals surface area contributed by atoms with Gasteiger partial charge in [0.15, 0.2) is 11.5 Å². The Kier molecular flexibility index (Phi) is 7.22. The Morgan fingerprint density at radius 1 is 1.05 bits per heavy atom. The number of nitrogens with one attached hydrogen (secondary N) is 1. The molecule has 1 N–H and O–H groups in total. The van der Waals surface area contributed by atoms with E-state index in [9.17, 15) is 4.79 Å². The summed E-state index contributed by atoms with van der Waals surface area (Å²) < 4.78 is 10.5. The molecule has 0 fully saturated rings. The molecule has 0 spiro atoms. The lowest BCUT2D eigenvalue weighted by atomic mass is 9.93. The molecular weight excluding hydrogens is 278 g/mol. The van der Waals surface area contributed by atoms with Gasteiger partial charge in [0.25, 0.3) is 0 Å². The van der Waals surface area contributed by atoms with Crippen molar-refractivity contribution in [1.82, 2.24) is 5.32 Å². The summed E-state index contributed by atoms with van der Waals surface area (Å²) in [4.78, 5) is 12.1. The van der Waals surface area contributed by atoms with Gasteiger partial charge >= 0.3 is 0 Å². The van der Waals surface area contributed by atoms with Crippen molar-refractivity contribution in [3.05, 3.63) is 23.8 Å². The summed E-state index contributed by atoms with van der Waals surface area (Å²) in [6.45, 7) is 8.55. The highest BCUT2D eigenvalue weighted by molar-refractivity contribution is 5.76. The second-order valence-corrected chi connectivity index (χ2v) is 6.27. The minimum Gasteiger partial charge on any atom is -0.493 e. The minimum absolute atomic E-state index is 0.0992. The highest BCUT2D eigenvalue weighted by Gasteiger charge is 2.19. The molecule has 22 heavy (non-hydrogen) atoms. The van der Waals surface area contributed by atoms with Gasteiger partial charge in [0.1, 0.15) is 0 Å². The molecule has 0 aliphatic heterocycles. The molecule has 1 aromatic carbocycles. The molecule has 1 rings (SSSR count).